The third-order valence-corrected chi connectivity index (χ3v) is 8.71. The number of alkyl halides is 3. The molecule has 0 fully saturated rings. The van der Waals surface area contributed by atoms with Gasteiger partial charge in [0.05, 0.1) is 24.2 Å². The smallest absolute Gasteiger partial charge is 0.406 e. The van der Waals surface area contributed by atoms with E-state index in [9.17, 15) is 28.2 Å². The molecule has 0 aliphatic rings. The Balaban J connectivity index is 1.31. The van der Waals surface area contributed by atoms with Crippen molar-refractivity contribution in [1.82, 2.24) is 24.8 Å². The number of amides is 1. The number of carbonyl (C=O) groups excluding carboxylic acids is 1. The number of aromatic nitrogens is 4. The van der Waals surface area contributed by atoms with E-state index in [0.717, 1.165) is 44.6 Å². The Morgan fingerprint density at radius 3 is 2.11 bits per heavy atom. The molecule has 11 nitrogen and oxygen atoms in total. The van der Waals surface area contributed by atoms with E-state index in [1.165, 1.54) is 18.5 Å². The van der Waals surface area contributed by atoms with Crippen molar-refractivity contribution in [1.29, 1.82) is 0 Å². The van der Waals surface area contributed by atoms with E-state index in [2.05, 4.69) is 20.0 Å². The Labute approximate surface area is 303 Å². The summed E-state index contributed by atoms with van der Waals surface area (Å²) in [5.74, 6) is -0.177. The topological polar surface area (TPSA) is 152 Å². The fourth-order valence-electron chi connectivity index (χ4n) is 6.17. The molecule has 0 aliphatic heterocycles. The Morgan fingerprint density at radius 1 is 0.849 bits per heavy atom. The highest BCUT2D eigenvalue weighted by atomic mass is 19.4. The van der Waals surface area contributed by atoms with Gasteiger partial charge >= 0.3 is 6.36 Å². The van der Waals surface area contributed by atoms with Gasteiger partial charge in [-0.15, -0.1) is 13.2 Å². The summed E-state index contributed by atoms with van der Waals surface area (Å²) >= 11 is 0. The number of anilines is 1. The minimum Gasteiger partial charge on any atom is -0.406 e. The van der Waals surface area contributed by atoms with E-state index in [1.54, 1.807) is 24.5 Å². The molecule has 6 aromatic rings. The van der Waals surface area contributed by atoms with E-state index >= 15 is 0 Å². The maximum Gasteiger partial charge on any atom is 0.573 e. The number of imidazole rings is 1. The first-order valence-electron chi connectivity index (χ1n) is 16.9. The first kappa shape index (κ1) is 36.9. The van der Waals surface area contributed by atoms with Crippen LogP contribution in [0.3, 0.4) is 0 Å². The van der Waals surface area contributed by atoms with Gasteiger partial charge in [-0.3, -0.25) is 4.79 Å². The number of nitrogens with two attached hydrogens (primary N) is 1. The molecule has 4 aromatic carbocycles. The molecule has 1 amide bonds. The molecule has 53 heavy (non-hydrogen) atoms. The molecule has 0 radical (unpaired) electrons. The lowest BCUT2D eigenvalue weighted by atomic mass is 10.0. The molecule has 1 atom stereocenters. The molecule has 0 bridgehead atoms. The largest absolute Gasteiger partial charge is 0.573 e. The molecular weight excluding hydrogens is 687 g/mol. The molecule has 2 aromatic heterocycles. The Kier molecular flexibility index (Phi) is 11.6. The van der Waals surface area contributed by atoms with Gasteiger partial charge in [0, 0.05) is 67.8 Å². The van der Waals surface area contributed by atoms with Crippen molar-refractivity contribution in [3.05, 3.63) is 126 Å². The van der Waals surface area contributed by atoms with Crippen LogP contribution in [0.15, 0.2) is 110 Å². The third-order valence-electron chi connectivity index (χ3n) is 8.71. The van der Waals surface area contributed by atoms with Gasteiger partial charge in [-0.1, -0.05) is 42.5 Å². The zero-order chi connectivity index (χ0) is 37.4. The van der Waals surface area contributed by atoms with Crippen molar-refractivity contribution in [2.24, 2.45) is 5.73 Å². The number of nitrogens with one attached hydrogen (secondary N) is 1. The van der Waals surface area contributed by atoms with Crippen molar-refractivity contribution in [3.63, 3.8) is 0 Å². The number of halogens is 3. The zero-order valence-corrected chi connectivity index (χ0v) is 28.6. The summed E-state index contributed by atoms with van der Waals surface area (Å²) in [6.07, 6.45) is 0.221. The average molecular weight is 726 g/mol. The molecule has 274 valence electrons. The monoisotopic (exact) mass is 725 g/mol. The van der Waals surface area contributed by atoms with Gasteiger partial charge in [0.1, 0.15) is 17.9 Å². The number of carbonyl (C=O) groups is 1. The summed E-state index contributed by atoms with van der Waals surface area (Å²) in [6.45, 7) is 1.30. The predicted octanol–water partition coefficient (Wildman–Crippen LogP) is 5.60. The predicted molar refractivity (Wildman–Crippen MR) is 195 cm³/mol. The highest BCUT2D eigenvalue weighted by molar-refractivity contribution is 5.82. The van der Waals surface area contributed by atoms with Gasteiger partial charge < -0.3 is 35.5 Å². The Hall–Kier alpha value is -5.83. The maximum atomic E-state index is 12.8. The van der Waals surface area contributed by atoms with Gasteiger partial charge in [0.2, 0.25) is 5.91 Å². The van der Waals surface area contributed by atoms with Crippen LogP contribution in [0.5, 0.6) is 5.75 Å². The van der Waals surface area contributed by atoms with Crippen molar-refractivity contribution in [2.45, 2.75) is 31.9 Å². The maximum absolute atomic E-state index is 12.8. The van der Waals surface area contributed by atoms with Crippen molar-refractivity contribution >= 4 is 22.6 Å². The second-order valence-corrected chi connectivity index (χ2v) is 12.4. The number of aliphatic hydroxyl groups excluding tert-OH is 2. The first-order chi connectivity index (χ1) is 25.6. The molecule has 2 heterocycles. The number of benzene rings is 4. The third kappa shape index (κ3) is 9.54. The van der Waals surface area contributed by atoms with Gasteiger partial charge in [0.25, 0.3) is 0 Å². The average Bonchev–Trinajstić information content (AvgIpc) is 3.51. The zero-order valence-electron chi connectivity index (χ0n) is 28.6. The van der Waals surface area contributed by atoms with E-state index in [1.807, 2.05) is 76.2 Å². The molecule has 0 spiro atoms. The number of nitrogens with zero attached hydrogens (tertiary/aromatic N) is 5. The number of hydrogen-bond acceptors (Lipinski definition) is 9. The van der Waals surface area contributed by atoms with E-state index in [4.69, 9.17) is 10.7 Å². The summed E-state index contributed by atoms with van der Waals surface area (Å²) < 4.78 is 44.4. The van der Waals surface area contributed by atoms with E-state index in [0.29, 0.717) is 31.0 Å². The summed E-state index contributed by atoms with van der Waals surface area (Å²) in [5, 5.41) is 22.5. The molecule has 5 N–H and O–H groups in total. The highest BCUT2D eigenvalue weighted by Crippen LogP contribution is 2.31. The van der Waals surface area contributed by atoms with Gasteiger partial charge in [-0.05, 0) is 70.8 Å². The quantitative estimate of drug-likeness (QED) is 0.0999. The summed E-state index contributed by atoms with van der Waals surface area (Å²) in [7, 11) is 0. The summed E-state index contributed by atoms with van der Waals surface area (Å²) in [5.41, 5.74) is 13.1. The van der Waals surface area contributed by atoms with Crippen LogP contribution in [0.1, 0.15) is 29.2 Å². The lowest BCUT2D eigenvalue weighted by Gasteiger charge is -2.23. The van der Waals surface area contributed by atoms with Crippen LogP contribution >= 0.6 is 0 Å². The van der Waals surface area contributed by atoms with E-state index in [-0.39, 0.29) is 31.9 Å². The van der Waals surface area contributed by atoms with Crippen LogP contribution in [0.2, 0.25) is 0 Å². The first-order valence-corrected chi connectivity index (χ1v) is 16.9. The lowest BCUT2D eigenvalue weighted by Crippen LogP contribution is -2.29. The molecular formula is C39H38F3N7O4. The minimum absolute atomic E-state index is 0.0461. The lowest BCUT2D eigenvalue weighted by molar-refractivity contribution is -0.274. The standard InChI is InChI=1S/C39H38F3N7O4/c40-39(41,42)53-33-12-3-27(4-13-33)24-49-36-14-9-30(19-35(36)47-38(49)29-7-10-32(11-8-29)48(15-17-50)16-18-51)34(20-37(43)52)46-21-26-1-5-28(6-2-26)31-22-44-25-45-23-31/h1-14,19,22-23,25,34,46,50-51H,15-18,20-21,24H2,(H2,43,52). The second-order valence-electron chi connectivity index (χ2n) is 12.4. The minimum atomic E-state index is -4.80. The van der Waals surface area contributed by atoms with Gasteiger partial charge in [-0.2, -0.15) is 0 Å². The molecule has 0 saturated heterocycles. The van der Waals surface area contributed by atoms with Crippen molar-refractivity contribution in [3.8, 4) is 28.3 Å². The highest BCUT2D eigenvalue weighted by Gasteiger charge is 2.31. The number of aliphatic hydroxyl groups is 2. The fraction of sp³-hybridized carbons (Fsp3) is 0.231. The van der Waals surface area contributed by atoms with Crippen LogP contribution in [-0.4, -0.2) is 68.3 Å². The molecule has 0 aliphatic carbocycles. The number of primary amides is 1. The number of fused-ring (bicyclic) bond motifs is 1. The normalized spacial score (nSPS) is 12.2. The van der Waals surface area contributed by atoms with Gasteiger partial charge in [-0.25, -0.2) is 15.0 Å². The van der Waals surface area contributed by atoms with Crippen LogP contribution in [-0.2, 0) is 17.9 Å². The number of ether oxygens (including phenoxy) is 1. The second kappa shape index (κ2) is 16.7. The summed E-state index contributed by atoms with van der Waals surface area (Å²) in [6, 6.07) is 26.5. The van der Waals surface area contributed by atoms with Crippen molar-refractivity contribution in [2.75, 3.05) is 31.2 Å². The van der Waals surface area contributed by atoms with Crippen LogP contribution in [0.4, 0.5) is 18.9 Å². The molecule has 6 rings (SSSR count). The Bertz CT molecular complexity index is 2100. The molecule has 14 heteroatoms. The van der Waals surface area contributed by atoms with E-state index < -0.39 is 18.3 Å². The SMILES string of the molecule is NC(=O)CC(NCc1ccc(-c2cncnc2)cc1)c1ccc2c(c1)nc(-c1ccc(N(CCO)CCO)cc1)n2Cc1ccc(OC(F)(F)F)cc1. The van der Waals surface area contributed by atoms with Crippen LogP contribution in [0, 0.1) is 0 Å². The number of hydrogen-bond donors (Lipinski definition) is 4. The Morgan fingerprint density at radius 2 is 1.49 bits per heavy atom. The van der Waals surface area contributed by atoms with Crippen molar-refractivity contribution < 1.29 is 32.9 Å². The summed E-state index contributed by atoms with van der Waals surface area (Å²) in [4.78, 5) is 27.2. The van der Waals surface area contributed by atoms with Crippen LogP contribution < -0.4 is 20.7 Å². The molecule has 0 saturated carbocycles. The fourth-order valence-corrected chi connectivity index (χ4v) is 6.17. The number of rotatable bonds is 16. The molecule has 1 unspecified atom stereocenters. The van der Waals surface area contributed by atoms with Gasteiger partial charge in [0.15, 0.2) is 0 Å². The van der Waals surface area contributed by atoms with Crippen LogP contribution in [0.25, 0.3) is 33.5 Å².